The lowest BCUT2D eigenvalue weighted by Crippen LogP contribution is -2.20. The number of nitrogens with one attached hydrogen (secondary N) is 1. The Morgan fingerprint density at radius 2 is 2.14 bits per heavy atom. The Kier molecular flexibility index (Phi) is 4.56. The molecule has 1 heterocycles. The summed E-state index contributed by atoms with van der Waals surface area (Å²) in [6, 6.07) is 7.02. The van der Waals surface area contributed by atoms with E-state index in [1.165, 1.54) is 10.7 Å². The van der Waals surface area contributed by atoms with E-state index in [-0.39, 0.29) is 18.3 Å². The van der Waals surface area contributed by atoms with Crippen LogP contribution in [0.1, 0.15) is 11.3 Å². The molecule has 1 aromatic heterocycles. The summed E-state index contributed by atoms with van der Waals surface area (Å²) < 4.78 is 2.40. The van der Waals surface area contributed by atoms with E-state index in [9.17, 15) is 14.9 Å². The fourth-order valence-electron chi connectivity index (χ4n) is 1.84. The maximum absolute atomic E-state index is 12.0. The van der Waals surface area contributed by atoms with E-state index in [1.807, 2.05) is 25.1 Å². The second kappa shape index (κ2) is 6.20. The number of aromatic nitrogens is 2. The normalized spacial score (nSPS) is 10.4. The Morgan fingerprint density at radius 3 is 2.71 bits per heavy atom. The zero-order valence-electron chi connectivity index (χ0n) is 11.5. The molecule has 7 nitrogen and oxygen atoms in total. The molecule has 1 aromatic carbocycles. The van der Waals surface area contributed by atoms with Crippen molar-refractivity contribution in [2.24, 2.45) is 0 Å². The zero-order valence-corrected chi connectivity index (χ0v) is 13.6. The Hall–Kier alpha value is -1.97. The van der Waals surface area contributed by atoms with Crippen LogP contribution in [0.2, 0.25) is 0 Å². The van der Waals surface area contributed by atoms with Crippen molar-refractivity contribution in [3.63, 3.8) is 0 Å². The van der Waals surface area contributed by atoms with Crippen LogP contribution in [-0.4, -0.2) is 20.6 Å². The molecular formula is C13H13IN4O3. The number of hydrogen-bond acceptors (Lipinski definition) is 4. The first kappa shape index (κ1) is 15.4. The van der Waals surface area contributed by atoms with Crippen LogP contribution in [0.3, 0.4) is 0 Å². The first-order valence-electron chi connectivity index (χ1n) is 6.11. The predicted molar refractivity (Wildman–Crippen MR) is 86.1 cm³/mol. The van der Waals surface area contributed by atoms with Crippen LogP contribution in [0.4, 0.5) is 11.5 Å². The van der Waals surface area contributed by atoms with E-state index in [1.54, 1.807) is 6.92 Å². The van der Waals surface area contributed by atoms with Gasteiger partial charge in [0.15, 0.2) is 0 Å². The summed E-state index contributed by atoms with van der Waals surface area (Å²) in [4.78, 5) is 22.1. The van der Waals surface area contributed by atoms with Crippen molar-refractivity contribution in [1.29, 1.82) is 0 Å². The molecule has 2 rings (SSSR count). The minimum absolute atomic E-state index is 0.0644. The number of amides is 1. The standard InChI is InChI=1S/C13H13IN4O3/c1-8-5-10(14)3-4-11(8)15-13(19)7-17-9(2)6-12(16-17)18(20)21/h3-6H,7H2,1-2H3,(H,15,19). The third-order valence-electron chi connectivity index (χ3n) is 2.91. The first-order valence-corrected chi connectivity index (χ1v) is 7.19. The monoisotopic (exact) mass is 400 g/mol. The highest BCUT2D eigenvalue weighted by atomic mass is 127. The Morgan fingerprint density at radius 1 is 1.43 bits per heavy atom. The van der Waals surface area contributed by atoms with Crippen LogP contribution in [0.25, 0.3) is 0 Å². The number of aryl methyl sites for hydroxylation is 2. The topological polar surface area (TPSA) is 90.1 Å². The molecule has 0 saturated carbocycles. The van der Waals surface area contributed by atoms with Gasteiger partial charge in [0.25, 0.3) is 0 Å². The molecule has 0 unspecified atom stereocenters. The van der Waals surface area contributed by atoms with Crippen LogP contribution in [0.5, 0.6) is 0 Å². The smallest absolute Gasteiger partial charge is 0.358 e. The summed E-state index contributed by atoms with van der Waals surface area (Å²) in [7, 11) is 0. The number of hydrogen-bond donors (Lipinski definition) is 1. The number of carbonyl (C=O) groups is 1. The average Bonchev–Trinajstić information content (AvgIpc) is 2.75. The molecule has 0 aliphatic carbocycles. The zero-order chi connectivity index (χ0) is 15.6. The molecule has 0 aliphatic rings. The second-order valence-corrected chi connectivity index (χ2v) is 5.81. The van der Waals surface area contributed by atoms with Gasteiger partial charge in [-0.15, -0.1) is 0 Å². The quantitative estimate of drug-likeness (QED) is 0.486. The maximum Gasteiger partial charge on any atom is 0.390 e. The van der Waals surface area contributed by atoms with Gasteiger partial charge in [-0.3, -0.25) is 4.79 Å². The lowest BCUT2D eigenvalue weighted by molar-refractivity contribution is -0.389. The molecular weight excluding hydrogens is 387 g/mol. The van der Waals surface area contributed by atoms with E-state index >= 15 is 0 Å². The van der Waals surface area contributed by atoms with Crippen molar-refractivity contribution in [3.8, 4) is 0 Å². The van der Waals surface area contributed by atoms with Crippen molar-refractivity contribution in [1.82, 2.24) is 9.78 Å². The van der Waals surface area contributed by atoms with E-state index in [2.05, 4.69) is 33.0 Å². The number of carbonyl (C=O) groups excluding carboxylic acids is 1. The third kappa shape index (κ3) is 3.78. The molecule has 21 heavy (non-hydrogen) atoms. The molecule has 0 aliphatic heterocycles. The summed E-state index contributed by atoms with van der Waals surface area (Å²) in [6.45, 7) is 3.51. The van der Waals surface area contributed by atoms with Gasteiger partial charge < -0.3 is 15.4 Å². The van der Waals surface area contributed by atoms with Gasteiger partial charge in [0.1, 0.15) is 6.54 Å². The SMILES string of the molecule is Cc1cc(I)ccc1NC(=O)Cn1nc([N+](=O)[O-])cc1C. The highest BCUT2D eigenvalue weighted by Crippen LogP contribution is 2.18. The fraction of sp³-hybridized carbons (Fsp3) is 0.231. The number of rotatable bonds is 4. The Bertz CT molecular complexity index is 711. The molecule has 1 N–H and O–H groups in total. The highest BCUT2D eigenvalue weighted by molar-refractivity contribution is 14.1. The molecule has 0 spiro atoms. The van der Waals surface area contributed by atoms with E-state index in [0.717, 1.165) is 14.8 Å². The number of benzene rings is 1. The van der Waals surface area contributed by atoms with Gasteiger partial charge in [-0.1, -0.05) is 0 Å². The summed E-state index contributed by atoms with van der Waals surface area (Å²) >= 11 is 2.20. The third-order valence-corrected chi connectivity index (χ3v) is 3.58. The molecule has 110 valence electrons. The number of anilines is 1. The Labute approximate surface area is 134 Å². The van der Waals surface area contributed by atoms with Crippen molar-refractivity contribution < 1.29 is 9.72 Å². The lowest BCUT2D eigenvalue weighted by Gasteiger charge is -2.08. The van der Waals surface area contributed by atoms with Crippen LogP contribution in [0.15, 0.2) is 24.3 Å². The van der Waals surface area contributed by atoms with E-state index < -0.39 is 4.92 Å². The summed E-state index contributed by atoms with van der Waals surface area (Å²) in [5, 5.41) is 17.2. The van der Waals surface area contributed by atoms with Gasteiger partial charge in [0.2, 0.25) is 5.91 Å². The van der Waals surface area contributed by atoms with Gasteiger partial charge in [-0.2, -0.15) is 4.68 Å². The van der Waals surface area contributed by atoms with E-state index in [0.29, 0.717) is 5.69 Å². The van der Waals surface area contributed by atoms with E-state index in [4.69, 9.17) is 0 Å². The molecule has 8 heteroatoms. The molecule has 0 bridgehead atoms. The molecule has 1 amide bonds. The van der Waals surface area contributed by atoms with Crippen molar-refractivity contribution >= 4 is 40.0 Å². The van der Waals surface area contributed by atoms with Crippen LogP contribution < -0.4 is 5.32 Å². The second-order valence-electron chi connectivity index (χ2n) is 4.57. The molecule has 0 saturated heterocycles. The first-order chi connectivity index (χ1) is 9.86. The van der Waals surface area contributed by atoms with Gasteiger partial charge in [0, 0.05) is 9.26 Å². The van der Waals surface area contributed by atoms with Crippen molar-refractivity contribution in [3.05, 3.63) is 49.2 Å². The van der Waals surface area contributed by atoms with Crippen molar-refractivity contribution in [2.45, 2.75) is 20.4 Å². The molecule has 2 aromatic rings. The molecule has 0 fully saturated rings. The minimum atomic E-state index is -0.579. The molecule has 0 atom stereocenters. The summed E-state index contributed by atoms with van der Waals surface area (Å²) in [6.07, 6.45) is 0. The van der Waals surface area contributed by atoms with Crippen LogP contribution >= 0.6 is 22.6 Å². The van der Waals surface area contributed by atoms with Gasteiger partial charge >= 0.3 is 5.82 Å². The van der Waals surface area contributed by atoms with Gasteiger partial charge in [0.05, 0.1) is 16.9 Å². The highest BCUT2D eigenvalue weighted by Gasteiger charge is 2.17. The number of halogens is 1. The Balaban J connectivity index is 2.10. The van der Waals surface area contributed by atoms with Crippen molar-refractivity contribution in [2.75, 3.05) is 5.32 Å². The number of nitro groups is 1. The van der Waals surface area contributed by atoms with Gasteiger partial charge in [-0.05, 0) is 65.1 Å². The number of nitrogens with zero attached hydrogens (tertiary/aromatic N) is 3. The van der Waals surface area contributed by atoms with Gasteiger partial charge in [-0.25, -0.2) is 0 Å². The largest absolute Gasteiger partial charge is 0.390 e. The predicted octanol–water partition coefficient (Wildman–Crippen LogP) is 2.65. The maximum atomic E-state index is 12.0. The average molecular weight is 400 g/mol. The summed E-state index contributed by atoms with van der Waals surface area (Å²) in [5.74, 6) is -0.536. The fourth-order valence-corrected chi connectivity index (χ4v) is 2.48. The van der Waals surface area contributed by atoms with Crippen LogP contribution in [-0.2, 0) is 11.3 Å². The summed E-state index contributed by atoms with van der Waals surface area (Å²) in [5.41, 5.74) is 2.24. The minimum Gasteiger partial charge on any atom is -0.358 e. The molecule has 0 radical (unpaired) electrons. The van der Waals surface area contributed by atoms with Crippen LogP contribution in [0, 0.1) is 27.5 Å². The lowest BCUT2D eigenvalue weighted by atomic mass is 10.2.